The van der Waals surface area contributed by atoms with Crippen LogP contribution in [0.1, 0.15) is 12.8 Å². The zero-order valence-corrected chi connectivity index (χ0v) is 14.8. The first-order valence-electron chi connectivity index (χ1n) is 7.43. The lowest BCUT2D eigenvalue weighted by atomic mass is 9.80. The van der Waals surface area contributed by atoms with E-state index >= 15 is 0 Å². The third-order valence-corrected chi connectivity index (χ3v) is 5.84. The molecule has 0 spiro atoms. The molecule has 0 saturated carbocycles. The average Bonchev–Trinajstić information content (AvgIpc) is 2.54. The number of ether oxygens (including phenoxy) is 1. The minimum Gasteiger partial charge on any atom is -0.384 e. The lowest BCUT2D eigenvalue weighted by Crippen LogP contribution is -2.47. The van der Waals surface area contributed by atoms with Crippen LogP contribution in [0.25, 0.3) is 0 Å². The highest BCUT2D eigenvalue weighted by Crippen LogP contribution is 2.31. The minimum atomic E-state index is -4.03. The molecule has 1 aromatic carbocycles. The predicted molar refractivity (Wildman–Crippen MR) is 89.7 cm³/mol. The standard InChI is InChI=1S/C14H20ClN3O5S/c1-23-10-14(4-6-16-7-5-14)9-17-24(21,22)13-3-2-11(15)8-12(13)18(19)20/h2-3,8,16-17H,4-7,9-10H2,1H3. The van der Waals surface area contributed by atoms with Gasteiger partial charge < -0.3 is 10.1 Å². The van der Waals surface area contributed by atoms with Gasteiger partial charge in [-0.2, -0.15) is 0 Å². The Kier molecular flexibility index (Phi) is 6.16. The summed E-state index contributed by atoms with van der Waals surface area (Å²) in [5.74, 6) is 0. The fourth-order valence-corrected chi connectivity index (χ4v) is 4.30. The second kappa shape index (κ2) is 7.75. The molecule has 134 valence electrons. The van der Waals surface area contributed by atoms with E-state index in [1.807, 2.05) is 0 Å². The Hall–Kier alpha value is -1.26. The van der Waals surface area contributed by atoms with Crippen molar-refractivity contribution in [3.8, 4) is 0 Å². The van der Waals surface area contributed by atoms with Crippen LogP contribution in [-0.2, 0) is 14.8 Å². The van der Waals surface area contributed by atoms with Gasteiger partial charge in [-0.3, -0.25) is 10.1 Å². The molecule has 0 bridgehead atoms. The summed E-state index contributed by atoms with van der Waals surface area (Å²) in [5, 5.41) is 14.4. The lowest BCUT2D eigenvalue weighted by Gasteiger charge is -2.37. The topological polar surface area (TPSA) is 111 Å². The molecular weight excluding hydrogens is 358 g/mol. The van der Waals surface area contributed by atoms with Gasteiger partial charge >= 0.3 is 0 Å². The van der Waals surface area contributed by atoms with Crippen LogP contribution in [0.3, 0.4) is 0 Å². The van der Waals surface area contributed by atoms with Gasteiger partial charge in [-0.1, -0.05) is 11.6 Å². The third-order valence-electron chi connectivity index (χ3n) is 4.16. The van der Waals surface area contributed by atoms with Crippen molar-refractivity contribution in [3.05, 3.63) is 33.3 Å². The molecule has 1 fully saturated rings. The Bertz CT molecular complexity index is 699. The van der Waals surface area contributed by atoms with Gasteiger partial charge in [0.1, 0.15) is 0 Å². The first kappa shape index (κ1) is 19.1. The molecule has 1 heterocycles. The van der Waals surface area contributed by atoms with E-state index in [0.29, 0.717) is 6.61 Å². The molecule has 0 unspecified atom stereocenters. The number of hydrogen-bond acceptors (Lipinski definition) is 6. The summed E-state index contributed by atoms with van der Waals surface area (Å²) in [7, 11) is -2.46. The molecule has 0 aliphatic carbocycles. The molecule has 10 heteroatoms. The molecule has 2 N–H and O–H groups in total. The molecule has 0 radical (unpaired) electrons. The van der Waals surface area contributed by atoms with E-state index in [-0.39, 0.29) is 17.0 Å². The van der Waals surface area contributed by atoms with Crippen molar-refractivity contribution in [2.75, 3.05) is 33.4 Å². The number of benzene rings is 1. The van der Waals surface area contributed by atoms with Crippen LogP contribution in [0.2, 0.25) is 5.02 Å². The van der Waals surface area contributed by atoms with Gasteiger partial charge in [-0.15, -0.1) is 0 Å². The fourth-order valence-electron chi connectivity index (χ4n) is 2.82. The summed E-state index contributed by atoms with van der Waals surface area (Å²) in [6, 6.07) is 3.50. The maximum atomic E-state index is 12.5. The van der Waals surface area contributed by atoms with Crippen LogP contribution in [0.5, 0.6) is 0 Å². The molecule has 0 atom stereocenters. The summed E-state index contributed by atoms with van der Waals surface area (Å²) in [5.41, 5.74) is -0.866. The summed E-state index contributed by atoms with van der Waals surface area (Å²) in [6.07, 6.45) is 1.51. The van der Waals surface area contributed by atoms with Gasteiger partial charge in [0.05, 0.1) is 11.5 Å². The monoisotopic (exact) mass is 377 g/mol. The number of nitro benzene ring substituents is 1. The SMILES string of the molecule is COCC1(CNS(=O)(=O)c2ccc(Cl)cc2[N+](=O)[O-])CCNCC1. The van der Waals surface area contributed by atoms with Gasteiger partial charge in [0.15, 0.2) is 4.90 Å². The van der Waals surface area contributed by atoms with E-state index in [4.69, 9.17) is 16.3 Å². The molecule has 0 aromatic heterocycles. The van der Waals surface area contributed by atoms with Crippen molar-refractivity contribution in [3.63, 3.8) is 0 Å². The van der Waals surface area contributed by atoms with E-state index < -0.39 is 25.5 Å². The fraction of sp³-hybridized carbons (Fsp3) is 0.571. The van der Waals surface area contributed by atoms with Crippen molar-refractivity contribution in [2.24, 2.45) is 5.41 Å². The minimum absolute atomic E-state index is 0.106. The van der Waals surface area contributed by atoms with E-state index in [9.17, 15) is 18.5 Å². The van der Waals surface area contributed by atoms with Crippen molar-refractivity contribution in [2.45, 2.75) is 17.7 Å². The second-order valence-corrected chi connectivity index (χ2v) is 8.05. The molecule has 1 aliphatic rings. The molecule has 1 aliphatic heterocycles. The molecule has 0 amide bonds. The van der Waals surface area contributed by atoms with Gasteiger partial charge in [-0.25, -0.2) is 13.1 Å². The number of nitrogens with zero attached hydrogens (tertiary/aromatic N) is 1. The summed E-state index contributed by atoms with van der Waals surface area (Å²) in [6.45, 7) is 2.11. The highest BCUT2D eigenvalue weighted by Gasteiger charge is 2.35. The maximum absolute atomic E-state index is 12.5. The first-order chi connectivity index (χ1) is 11.3. The van der Waals surface area contributed by atoms with Crippen LogP contribution >= 0.6 is 11.6 Å². The Morgan fingerprint density at radius 2 is 2.08 bits per heavy atom. The Labute approximate surface area is 145 Å². The number of nitro groups is 1. The molecule has 1 saturated heterocycles. The Morgan fingerprint density at radius 1 is 1.42 bits per heavy atom. The van der Waals surface area contributed by atoms with E-state index in [2.05, 4.69) is 10.0 Å². The second-order valence-electron chi connectivity index (χ2n) is 5.88. The van der Waals surface area contributed by atoms with Crippen LogP contribution in [-0.4, -0.2) is 46.7 Å². The third kappa shape index (κ3) is 4.42. The average molecular weight is 378 g/mol. The zero-order chi connectivity index (χ0) is 17.8. The Morgan fingerprint density at radius 3 is 2.67 bits per heavy atom. The number of methoxy groups -OCH3 is 1. The van der Waals surface area contributed by atoms with E-state index in [1.165, 1.54) is 6.07 Å². The first-order valence-corrected chi connectivity index (χ1v) is 9.29. The molecule has 24 heavy (non-hydrogen) atoms. The van der Waals surface area contributed by atoms with Crippen LogP contribution in [0.4, 0.5) is 5.69 Å². The Balaban J connectivity index is 2.23. The van der Waals surface area contributed by atoms with Gasteiger partial charge in [0.25, 0.3) is 5.69 Å². The van der Waals surface area contributed by atoms with Crippen molar-refractivity contribution < 1.29 is 18.1 Å². The molecular formula is C14H20ClN3O5S. The van der Waals surface area contributed by atoms with Crippen LogP contribution in [0, 0.1) is 15.5 Å². The van der Waals surface area contributed by atoms with E-state index in [0.717, 1.165) is 38.1 Å². The van der Waals surface area contributed by atoms with Crippen LogP contribution < -0.4 is 10.0 Å². The maximum Gasteiger partial charge on any atom is 0.290 e. The van der Waals surface area contributed by atoms with E-state index in [1.54, 1.807) is 7.11 Å². The highest BCUT2D eigenvalue weighted by molar-refractivity contribution is 7.89. The normalized spacial score (nSPS) is 17.6. The quantitative estimate of drug-likeness (QED) is 0.551. The lowest BCUT2D eigenvalue weighted by molar-refractivity contribution is -0.387. The number of hydrogen-bond donors (Lipinski definition) is 2. The molecule has 2 rings (SSSR count). The van der Waals surface area contributed by atoms with Crippen molar-refractivity contribution in [1.29, 1.82) is 0 Å². The summed E-state index contributed by atoms with van der Waals surface area (Å²) in [4.78, 5) is 9.97. The highest BCUT2D eigenvalue weighted by atomic mass is 35.5. The van der Waals surface area contributed by atoms with Gasteiger partial charge in [0, 0.05) is 30.2 Å². The number of nitrogens with one attached hydrogen (secondary N) is 2. The number of rotatable bonds is 7. The van der Waals surface area contributed by atoms with Crippen molar-refractivity contribution >= 4 is 27.3 Å². The smallest absolute Gasteiger partial charge is 0.290 e. The zero-order valence-electron chi connectivity index (χ0n) is 13.2. The molecule has 1 aromatic rings. The van der Waals surface area contributed by atoms with Gasteiger partial charge in [-0.05, 0) is 38.1 Å². The molecule has 8 nitrogen and oxygen atoms in total. The van der Waals surface area contributed by atoms with Gasteiger partial charge in [0.2, 0.25) is 10.0 Å². The number of halogens is 1. The summed E-state index contributed by atoms with van der Waals surface area (Å²) < 4.78 is 32.8. The number of sulfonamides is 1. The van der Waals surface area contributed by atoms with Crippen molar-refractivity contribution in [1.82, 2.24) is 10.0 Å². The largest absolute Gasteiger partial charge is 0.384 e. The number of piperidine rings is 1. The predicted octanol–water partition coefficient (Wildman–Crippen LogP) is 1.54. The van der Waals surface area contributed by atoms with Crippen LogP contribution in [0.15, 0.2) is 23.1 Å². The summed E-state index contributed by atoms with van der Waals surface area (Å²) >= 11 is 5.73.